The van der Waals surface area contributed by atoms with E-state index in [0.717, 1.165) is 0 Å². The molecule has 0 amide bonds. The Balaban J connectivity index is 2.65. The number of nitrogens with zero attached hydrogens (tertiary/aromatic N) is 5. The molecule has 2 rings (SSSR count). The highest BCUT2D eigenvalue weighted by molar-refractivity contribution is 7.12. The van der Waals surface area contributed by atoms with Crippen LogP contribution in [0.3, 0.4) is 0 Å². The lowest BCUT2D eigenvalue weighted by molar-refractivity contribution is 0.765. The smallest absolute Gasteiger partial charge is 0.227 e. The molecule has 0 unspecified atom stereocenters. The number of thiazole rings is 1. The van der Waals surface area contributed by atoms with Gasteiger partial charge in [-0.2, -0.15) is 9.94 Å². The third-order valence-corrected chi connectivity index (χ3v) is 2.93. The fourth-order valence-corrected chi connectivity index (χ4v) is 2.17. The zero-order valence-corrected chi connectivity index (χ0v) is 10.5. The van der Waals surface area contributed by atoms with Gasteiger partial charge in [-0.3, -0.25) is 0 Å². The number of hydrogen-bond donors (Lipinski definition) is 0. The Hall–Kier alpha value is -0.870. The number of alkyl halides is 3. The summed E-state index contributed by atoms with van der Waals surface area (Å²) in [6.07, 6.45) is 1.58. The van der Waals surface area contributed by atoms with E-state index in [9.17, 15) is 0 Å². The number of hydrogen-bond acceptors (Lipinski definition) is 5. The summed E-state index contributed by atoms with van der Waals surface area (Å²) in [6, 6.07) is 1.81. The van der Waals surface area contributed by atoms with Crippen molar-refractivity contribution in [3.8, 4) is 11.2 Å². The van der Waals surface area contributed by atoms with Crippen LogP contribution < -0.4 is 0 Å². The molecule has 0 aliphatic heterocycles. The van der Waals surface area contributed by atoms with Gasteiger partial charge in [0.1, 0.15) is 11.8 Å². The first-order chi connectivity index (χ1) is 7.54. The van der Waals surface area contributed by atoms with Crippen molar-refractivity contribution in [2.75, 3.05) is 0 Å². The summed E-state index contributed by atoms with van der Waals surface area (Å²) in [7, 11) is 0. The number of aromatic nitrogens is 4. The van der Waals surface area contributed by atoms with Gasteiger partial charge in [-0.15, -0.1) is 16.4 Å². The van der Waals surface area contributed by atoms with E-state index in [1.807, 2.05) is 6.07 Å². The molecule has 0 N–H and O–H groups in total. The van der Waals surface area contributed by atoms with Gasteiger partial charge >= 0.3 is 0 Å². The minimum Gasteiger partial charge on any atom is -0.227 e. The molecule has 0 atom stereocenters. The molecule has 2 aromatic rings. The summed E-state index contributed by atoms with van der Waals surface area (Å²) in [4.78, 5) is 4.00. The van der Waals surface area contributed by atoms with Crippen molar-refractivity contribution < 1.29 is 0 Å². The molecule has 0 saturated carbocycles. The molecule has 2 aromatic heterocycles. The highest BCUT2D eigenvalue weighted by Crippen LogP contribution is 2.40. The van der Waals surface area contributed by atoms with E-state index in [4.69, 9.17) is 40.1 Å². The van der Waals surface area contributed by atoms with E-state index in [-0.39, 0.29) is 11.4 Å². The molecule has 0 aliphatic rings. The molecule has 0 bridgehead atoms. The van der Waals surface area contributed by atoms with Crippen molar-refractivity contribution in [2.45, 2.75) is 3.79 Å². The normalized spacial score (nSPS) is 11.4. The van der Waals surface area contributed by atoms with E-state index in [1.54, 1.807) is 11.6 Å². The summed E-state index contributed by atoms with van der Waals surface area (Å²) >= 11 is 18.6. The van der Waals surface area contributed by atoms with Crippen LogP contribution in [0.2, 0.25) is 0 Å². The Morgan fingerprint density at radius 1 is 1.44 bits per heavy atom. The Labute approximate surface area is 109 Å². The highest BCUT2D eigenvalue weighted by Gasteiger charge is 2.34. The number of rotatable bonds is 1. The lowest BCUT2D eigenvalue weighted by atomic mass is 10.3. The van der Waals surface area contributed by atoms with Crippen molar-refractivity contribution in [2.24, 2.45) is 0 Å². The summed E-state index contributed by atoms with van der Waals surface area (Å²) < 4.78 is -0.531. The average Bonchev–Trinajstić information content (AvgIpc) is 2.84. The van der Waals surface area contributed by atoms with Crippen LogP contribution in [-0.4, -0.2) is 20.0 Å². The topological polar surface area (TPSA) is 67.4 Å². The van der Waals surface area contributed by atoms with Crippen LogP contribution in [0.25, 0.3) is 5.13 Å². The van der Waals surface area contributed by atoms with Crippen molar-refractivity contribution in [1.82, 2.24) is 20.0 Å². The second-order valence-electron chi connectivity index (χ2n) is 2.62. The van der Waals surface area contributed by atoms with E-state index in [0.29, 0.717) is 5.13 Å². The third-order valence-electron chi connectivity index (χ3n) is 1.65. The average molecular weight is 295 g/mol. The van der Waals surface area contributed by atoms with Crippen molar-refractivity contribution in [3.63, 3.8) is 0 Å². The summed E-state index contributed by atoms with van der Waals surface area (Å²) in [5, 5.41) is 18.4. The minimum absolute atomic E-state index is 0.0322. The molecule has 2 heterocycles. The summed E-state index contributed by atoms with van der Waals surface area (Å²) in [5.74, 6) is 0. The first kappa shape index (κ1) is 11.6. The Bertz CT molecular complexity index is 535. The number of halogens is 3. The van der Waals surface area contributed by atoms with Crippen LogP contribution in [0.4, 0.5) is 0 Å². The van der Waals surface area contributed by atoms with Crippen LogP contribution in [-0.2, 0) is 3.79 Å². The van der Waals surface area contributed by atoms with Gasteiger partial charge in [0.25, 0.3) is 0 Å². The standard InChI is InChI=1S/C7H2Cl3N5S/c8-7(9,10)5-4(3-11)13-14-15(5)6-12-1-2-16-6/h1-2H. The number of nitriles is 1. The second-order valence-corrected chi connectivity index (χ2v) is 5.78. The Kier molecular flexibility index (Phi) is 3.04. The molecule has 16 heavy (non-hydrogen) atoms. The maximum absolute atomic E-state index is 8.83. The fourth-order valence-electron chi connectivity index (χ4n) is 1.07. The van der Waals surface area contributed by atoms with Gasteiger partial charge < -0.3 is 0 Å². The highest BCUT2D eigenvalue weighted by atomic mass is 35.6. The Morgan fingerprint density at radius 2 is 2.19 bits per heavy atom. The second kappa shape index (κ2) is 4.18. The van der Waals surface area contributed by atoms with Gasteiger partial charge in [-0.1, -0.05) is 40.0 Å². The van der Waals surface area contributed by atoms with Gasteiger partial charge in [-0.05, 0) is 0 Å². The van der Waals surface area contributed by atoms with Crippen LogP contribution in [0.15, 0.2) is 11.6 Å². The molecular weight excluding hydrogens is 293 g/mol. The van der Waals surface area contributed by atoms with Crippen LogP contribution in [0.1, 0.15) is 11.4 Å². The van der Waals surface area contributed by atoms with Gasteiger partial charge in [0.05, 0.1) is 0 Å². The monoisotopic (exact) mass is 293 g/mol. The molecule has 0 fully saturated rings. The molecule has 9 heteroatoms. The van der Waals surface area contributed by atoms with Gasteiger partial charge in [0.2, 0.25) is 8.92 Å². The molecule has 0 saturated heterocycles. The molecule has 0 aromatic carbocycles. The molecular formula is C7H2Cl3N5S. The van der Waals surface area contributed by atoms with Crippen LogP contribution in [0.5, 0.6) is 0 Å². The maximum atomic E-state index is 8.83. The van der Waals surface area contributed by atoms with Crippen molar-refractivity contribution in [1.29, 1.82) is 5.26 Å². The summed E-state index contributed by atoms with van der Waals surface area (Å²) in [6.45, 7) is 0. The van der Waals surface area contributed by atoms with E-state index in [1.165, 1.54) is 16.0 Å². The van der Waals surface area contributed by atoms with Gasteiger partial charge in [0, 0.05) is 11.6 Å². The molecule has 5 nitrogen and oxygen atoms in total. The van der Waals surface area contributed by atoms with Crippen molar-refractivity contribution in [3.05, 3.63) is 23.0 Å². The van der Waals surface area contributed by atoms with E-state index < -0.39 is 3.79 Å². The minimum atomic E-state index is -1.78. The van der Waals surface area contributed by atoms with Gasteiger partial charge in [-0.25, -0.2) is 4.98 Å². The van der Waals surface area contributed by atoms with Crippen LogP contribution >= 0.6 is 46.1 Å². The van der Waals surface area contributed by atoms with Crippen molar-refractivity contribution >= 4 is 46.1 Å². The quantitative estimate of drug-likeness (QED) is 0.758. The molecule has 0 radical (unpaired) electrons. The predicted octanol–water partition coefficient (Wildman–Crippen LogP) is 2.42. The lowest BCUT2D eigenvalue weighted by Crippen LogP contribution is -2.11. The summed E-state index contributed by atoms with van der Waals surface area (Å²) in [5.41, 5.74) is 0.0603. The van der Waals surface area contributed by atoms with Gasteiger partial charge in [0.15, 0.2) is 5.69 Å². The van der Waals surface area contributed by atoms with E-state index in [2.05, 4.69) is 15.3 Å². The van der Waals surface area contributed by atoms with Crippen LogP contribution in [0, 0.1) is 11.3 Å². The molecule has 0 spiro atoms. The lowest BCUT2D eigenvalue weighted by Gasteiger charge is -2.10. The zero-order valence-electron chi connectivity index (χ0n) is 7.43. The maximum Gasteiger partial charge on any atom is 0.235 e. The third kappa shape index (κ3) is 1.99. The SMILES string of the molecule is N#Cc1nnn(-c2nccs2)c1C(Cl)(Cl)Cl. The first-order valence-corrected chi connectivity index (χ1v) is 5.88. The zero-order chi connectivity index (χ0) is 11.8. The Morgan fingerprint density at radius 3 is 2.69 bits per heavy atom. The molecule has 0 aliphatic carbocycles. The first-order valence-electron chi connectivity index (χ1n) is 3.87. The molecule has 82 valence electrons. The fraction of sp³-hybridized carbons (Fsp3) is 0.143. The van der Waals surface area contributed by atoms with E-state index >= 15 is 0 Å². The predicted molar refractivity (Wildman–Crippen MR) is 61.0 cm³/mol. The largest absolute Gasteiger partial charge is 0.235 e.